The van der Waals surface area contributed by atoms with Gasteiger partial charge in [-0.2, -0.15) is 0 Å². The second kappa shape index (κ2) is 1.26. The van der Waals surface area contributed by atoms with Gasteiger partial charge in [0.1, 0.15) is 5.82 Å². The van der Waals surface area contributed by atoms with E-state index in [4.69, 9.17) is 0 Å². The number of fused-ring (bicyclic) bond motifs is 1. The molecule has 0 aromatic carbocycles. The van der Waals surface area contributed by atoms with Crippen LogP contribution in [0.3, 0.4) is 0 Å². The van der Waals surface area contributed by atoms with Crippen molar-refractivity contribution in [2.75, 3.05) is 5.43 Å². The molecule has 3 heteroatoms. The summed E-state index contributed by atoms with van der Waals surface area (Å²) in [6.45, 7) is 0.877. The number of rotatable bonds is 0. The Morgan fingerprint density at radius 1 is 1.62 bits per heavy atom. The minimum Gasteiger partial charge on any atom is -0.319 e. The van der Waals surface area contributed by atoms with Gasteiger partial charge in [0.15, 0.2) is 0 Å². The Hall–Kier alpha value is -0.960. The summed E-state index contributed by atoms with van der Waals surface area (Å²) in [6, 6.07) is 4.04. The monoisotopic (exact) mass is 109 g/mol. The number of aromatic nitrogens is 1. The lowest BCUT2D eigenvalue weighted by molar-refractivity contribution is 0.694. The molecule has 8 heavy (non-hydrogen) atoms. The molecule has 0 amide bonds. The first-order chi connectivity index (χ1) is 3.97. The van der Waals surface area contributed by atoms with Gasteiger partial charge >= 0.3 is 0 Å². The van der Waals surface area contributed by atoms with Crippen LogP contribution in [0.1, 0.15) is 0 Å². The van der Waals surface area contributed by atoms with E-state index in [1.54, 1.807) is 0 Å². The van der Waals surface area contributed by atoms with E-state index < -0.39 is 0 Å². The van der Waals surface area contributed by atoms with Crippen molar-refractivity contribution in [2.45, 2.75) is 6.67 Å². The number of nitrogens with one attached hydrogen (secondary N) is 2. The van der Waals surface area contributed by atoms with Crippen LogP contribution >= 0.6 is 0 Å². The molecule has 1 aliphatic rings. The van der Waals surface area contributed by atoms with Crippen molar-refractivity contribution in [1.29, 1.82) is 0 Å². The van der Waals surface area contributed by atoms with Crippen LogP contribution in [-0.4, -0.2) is 4.57 Å². The van der Waals surface area contributed by atoms with E-state index in [9.17, 15) is 0 Å². The van der Waals surface area contributed by atoms with E-state index in [0.29, 0.717) is 0 Å². The SMILES string of the molecule is c1cc2n(c1)CNN2. The number of hydrogen-bond donors (Lipinski definition) is 2. The van der Waals surface area contributed by atoms with Gasteiger partial charge in [0.25, 0.3) is 0 Å². The predicted octanol–water partition coefficient (Wildman–Crippen LogP) is 0.376. The highest BCUT2D eigenvalue weighted by Gasteiger charge is 2.03. The molecule has 1 aromatic heterocycles. The Morgan fingerprint density at radius 3 is 3.50 bits per heavy atom. The first-order valence-corrected chi connectivity index (χ1v) is 2.61. The van der Waals surface area contributed by atoms with Crippen LogP contribution in [-0.2, 0) is 6.67 Å². The predicted molar refractivity (Wildman–Crippen MR) is 31.2 cm³/mol. The molecule has 0 unspecified atom stereocenters. The van der Waals surface area contributed by atoms with Crippen molar-refractivity contribution in [3.05, 3.63) is 18.3 Å². The zero-order valence-corrected chi connectivity index (χ0v) is 4.39. The number of hydrogen-bond acceptors (Lipinski definition) is 2. The Bertz CT molecular complexity index is 173. The topological polar surface area (TPSA) is 29.0 Å². The minimum atomic E-state index is 0.877. The third-order valence-corrected chi connectivity index (χ3v) is 1.30. The smallest absolute Gasteiger partial charge is 0.121 e. The van der Waals surface area contributed by atoms with E-state index >= 15 is 0 Å². The van der Waals surface area contributed by atoms with Crippen molar-refractivity contribution in [3.8, 4) is 0 Å². The van der Waals surface area contributed by atoms with E-state index in [1.165, 1.54) is 0 Å². The second-order valence-corrected chi connectivity index (χ2v) is 1.82. The summed E-state index contributed by atoms with van der Waals surface area (Å²) in [6.07, 6.45) is 2.03. The fourth-order valence-corrected chi connectivity index (χ4v) is 0.881. The molecule has 0 atom stereocenters. The van der Waals surface area contributed by atoms with E-state index in [0.717, 1.165) is 12.5 Å². The van der Waals surface area contributed by atoms with Gasteiger partial charge < -0.3 is 9.99 Å². The van der Waals surface area contributed by atoms with Crippen LogP contribution in [0.15, 0.2) is 18.3 Å². The molecule has 0 spiro atoms. The number of anilines is 1. The van der Waals surface area contributed by atoms with Crippen molar-refractivity contribution in [2.24, 2.45) is 0 Å². The first-order valence-electron chi connectivity index (χ1n) is 2.61. The van der Waals surface area contributed by atoms with Gasteiger partial charge in [-0.25, -0.2) is 5.43 Å². The molecular weight excluding hydrogens is 102 g/mol. The van der Waals surface area contributed by atoms with Crippen LogP contribution in [0.4, 0.5) is 5.82 Å². The minimum absolute atomic E-state index is 0.877. The fraction of sp³-hybridized carbons (Fsp3) is 0.200. The van der Waals surface area contributed by atoms with Crippen molar-refractivity contribution in [3.63, 3.8) is 0 Å². The maximum atomic E-state index is 2.99. The molecule has 0 saturated heterocycles. The van der Waals surface area contributed by atoms with Gasteiger partial charge in [-0.3, -0.25) is 0 Å². The van der Waals surface area contributed by atoms with Gasteiger partial charge in [0.05, 0.1) is 6.67 Å². The van der Waals surface area contributed by atoms with E-state index in [1.807, 2.05) is 18.3 Å². The summed E-state index contributed by atoms with van der Waals surface area (Å²) in [7, 11) is 0. The van der Waals surface area contributed by atoms with Gasteiger partial charge in [-0.15, -0.1) is 0 Å². The summed E-state index contributed by atoms with van der Waals surface area (Å²) in [5.74, 6) is 1.14. The Balaban J connectivity index is 2.54. The van der Waals surface area contributed by atoms with Gasteiger partial charge in [-0.05, 0) is 12.1 Å². The molecule has 0 aliphatic carbocycles. The highest BCUT2D eigenvalue weighted by molar-refractivity contribution is 5.37. The van der Waals surface area contributed by atoms with Crippen LogP contribution in [0, 0.1) is 0 Å². The summed E-state index contributed by atoms with van der Waals surface area (Å²) in [4.78, 5) is 0. The molecular formula is C5H7N3. The van der Waals surface area contributed by atoms with Crippen molar-refractivity contribution in [1.82, 2.24) is 9.99 Å². The third kappa shape index (κ3) is 0.364. The van der Waals surface area contributed by atoms with Crippen LogP contribution in [0.25, 0.3) is 0 Å². The lowest BCUT2D eigenvalue weighted by atomic mass is 10.6. The average Bonchev–Trinajstić information content (AvgIpc) is 2.15. The normalized spacial score (nSPS) is 15.5. The van der Waals surface area contributed by atoms with Gasteiger partial charge in [0.2, 0.25) is 0 Å². The Kier molecular flexibility index (Phi) is 0.625. The lowest BCUT2D eigenvalue weighted by Crippen LogP contribution is -2.12. The molecule has 1 aliphatic heterocycles. The molecule has 0 bridgehead atoms. The summed E-state index contributed by atoms with van der Waals surface area (Å²) >= 11 is 0. The molecule has 2 heterocycles. The van der Waals surface area contributed by atoms with Gasteiger partial charge in [0, 0.05) is 6.20 Å². The van der Waals surface area contributed by atoms with Crippen LogP contribution in [0.5, 0.6) is 0 Å². The molecule has 1 aromatic rings. The van der Waals surface area contributed by atoms with Crippen LogP contribution < -0.4 is 10.9 Å². The molecule has 0 fully saturated rings. The molecule has 42 valence electrons. The number of nitrogens with zero attached hydrogens (tertiary/aromatic N) is 1. The van der Waals surface area contributed by atoms with E-state index in [2.05, 4.69) is 15.4 Å². The van der Waals surface area contributed by atoms with Crippen LogP contribution in [0.2, 0.25) is 0 Å². The zero-order chi connectivity index (χ0) is 5.40. The molecule has 3 nitrogen and oxygen atoms in total. The maximum absolute atomic E-state index is 2.99. The van der Waals surface area contributed by atoms with Gasteiger partial charge in [-0.1, -0.05) is 0 Å². The molecule has 0 saturated carbocycles. The molecule has 2 rings (SSSR count). The molecule has 2 N–H and O–H groups in total. The summed E-state index contributed by atoms with van der Waals surface area (Å²) in [5.41, 5.74) is 5.97. The number of hydrazine groups is 1. The Labute approximate surface area is 47.3 Å². The summed E-state index contributed by atoms with van der Waals surface area (Å²) in [5, 5.41) is 0. The Morgan fingerprint density at radius 2 is 2.62 bits per heavy atom. The quantitative estimate of drug-likeness (QED) is 0.504. The zero-order valence-electron chi connectivity index (χ0n) is 4.39. The lowest BCUT2D eigenvalue weighted by Gasteiger charge is -1.87. The largest absolute Gasteiger partial charge is 0.319 e. The van der Waals surface area contributed by atoms with Crippen molar-refractivity contribution < 1.29 is 0 Å². The second-order valence-electron chi connectivity index (χ2n) is 1.82. The van der Waals surface area contributed by atoms with E-state index in [-0.39, 0.29) is 0 Å². The third-order valence-electron chi connectivity index (χ3n) is 1.30. The maximum Gasteiger partial charge on any atom is 0.121 e. The standard InChI is InChI=1S/C5H7N3/c1-2-5-7-6-4-8(5)3-1/h1-3,6-7H,4H2. The molecule has 0 radical (unpaired) electrons. The fourth-order valence-electron chi connectivity index (χ4n) is 0.881. The highest BCUT2D eigenvalue weighted by Crippen LogP contribution is 2.09. The van der Waals surface area contributed by atoms with Crippen molar-refractivity contribution >= 4 is 5.82 Å². The summed E-state index contributed by atoms with van der Waals surface area (Å²) < 4.78 is 2.10. The average molecular weight is 109 g/mol. The highest BCUT2D eigenvalue weighted by atomic mass is 15.5. The first kappa shape index (κ1) is 3.97.